The zero-order valence-corrected chi connectivity index (χ0v) is 10.2. The SMILES string of the molecule is O=C(O)CCC1NC(=O)N(C2CCCCC2)C1=O. The topological polar surface area (TPSA) is 86.7 Å². The van der Waals surface area contributed by atoms with Crippen molar-refractivity contribution in [3.8, 4) is 0 Å². The molecule has 6 heteroatoms. The van der Waals surface area contributed by atoms with E-state index < -0.39 is 12.0 Å². The summed E-state index contributed by atoms with van der Waals surface area (Å²) in [6, 6.07) is -1.01. The molecule has 100 valence electrons. The predicted molar refractivity (Wildman–Crippen MR) is 62.9 cm³/mol. The van der Waals surface area contributed by atoms with E-state index >= 15 is 0 Å². The summed E-state index contributed by atoms with van der Waals surface area (Å²) in [5, 5.41) is 11.2. The van der Waals surface area contributed by atoms with Crippen molar-refractivity contribution in [1.82, 2.24) is 10.2 Å². The summed E-state index contributed by atoms with van der Waals surface area (Å²) in [4.78, 5) is 35.7. The highest BCUT2D eigenvalue weighted by Gasteiger charge is 2.41. The molecule has 2 fully saturated rings. The summed E-state index contributed by atoms with van der Waals surface area (Å²) in [5.74, 6) is -1.21. The number of amides is 3. The van der Waals surface area contributed by atoms with Gasteiger partial charge in [-0.25, -0.2) is 4.79 Å². The minimum Gasteiger partial charge on any atom is -0.481 e. The van der Waals surface area contributed by atoms with Gasteiger partial charge in [0.05, 0.1) is 0 Å². The van der Waals surface area contributed by atoms with Gasteiger partial charge in [0.25, 0.3) is 5.91 Å². The van der Waals surface area contributed by atoms with Gasteiger partial charge in [0.1, 0.15) is 6.04 Å². The average molecular weight is 254 g/mol. The standard InChI is InChI=1S/C12H18N2O4/c15-10(16)7-6-9-11(17)14(12(18)13-9)8-4-2-1-3-5-8/h8-9H,1-7H2,(H,13,18)(H,15,16). The van der Waals surface area contributed by atoms with Crippen LogP contribution in [0.1, 0.15) is 44.9 Å². The Balaban J connectivity index is 1.97. The minimum absolute atomic E-state index is 0.000998. The second kappa shape index (κ2) is 5.37. The van der Waals surface area contributed by atoms with E-state index in [1.54, 1.807) is 0 Å². The maximum Gasteiger partial charge on any atom is 0.325 e. The summed E-state index contributed by atoms with van der Waals surface area (Å²) in [7, 11) is 0. The molecule has 18 heavy (non-hydrogen) atoms. The van der Waals surface area contributed by atoms with Crippen molar-refractivity contribution in [3.63, 3.8) is 0 Å². The van der Waals surface area contributed by atoms with Crippen LogP contribution in [0.25, 0.3) is 0 Å². The highest BCUT2D eigenvalue weighted by Crippen LogP contribution is 2.26. The van der Waals surface area contributed by atoms with Crippen LogP contribution in [-0.2, 0) is 9.59 Å². The maximum absolute atomic E-state index is 12.1. The Hall–Kier alpha value is -1.59. The van der Waals surface area contributed by atoms with E-state index in [0.29, 0.717) is 0 Å². The summed E-state index contributed by atoms with van der Waals surface area (Å²) < 4.78 is 0. The molecule has 1 aliphatic carbocycles. The minimum atomic E-state index is -0.951. The third-order valence-electron chi connectivity index (χ3n) is 3.64. The van der Waals surface area contributed by atoms with Gasteiger partial charge in [-0.1, -0.05) is 19.3 Å². The lowest BCUT2D eigenvalue weighted by Gasteiger charge is -2.28. The van der Waals surface area contributed by atoms with Crippen molar-refractivity contribution >= 4 is 17.9 Å². The lowest BCUT2D eigenvalue weighted by atomic mass is 9.94. The Kier molecular flexibility index (Phi) is 3.84. The van der Waals surface area contributed by atoms with E-state index in [4.69, 9.17) is 5.11 Å². The first-order valence-electron chi connectivity index (χ1n) is 6.45. The van der Waals surface area contributed by atoms with Crippen LogP contribution in [0.2, 0.25) is 0 Å². The van der Waals surface area contributed by atoms with Crippen molar-refractivity contribution in [2.75, 3.05) is 0 Å². The fourth-order valence-corrected chi connectivity index (χ4v) is 2.70. The number of carbonyl (C=O) groups excluding carboxylic acids is 2. The monoisotopic (exact) mass is 254 g/mol. The smallest absolute Gasteiger partial charge is 0.325 e. The Labute approximate surface area is 105 Å². The van der Waals surface area contributed by atoms with Gasteiger partial charge in [0, 0.05) is 12.5 Å². The summed E-state index contributed by atoms with van der Waals surface area (Å²) in [6.45, 7) is 0. The van der Waals surface area contributed by atoms with Crippen LogP contribution in [0.3, 0.4) is 0 Å². The first-order chi connectivity index (χ1) is 8.59. The number of carboxylic acids is 1. The molecule has 1 saturated heterocycles. The molecule has 3 amide bonds. The Bertz CT molecular complexity index is 363. The number of urea groups is 1. The average Bonchev–Trinajstić information content (AvgIpc) is 2.63. The number of carbonyl (C=O) groups is 3. The van der Waals surface area contributed by atoms with E-state index in [9.17, 15) is 14.4 Å². The molecular weight excluding hydrogens is 236 g/mol. The van der Waals surface area contributed by atoms with Crippen molar-refractivity contribution in [2.45, 2.75) is 57.0 Å². The summed E-state index contributed by atoms with van der Waals surface area (Å²) >= 11 is 0. The molecule has 1 saturated carbocycles. The molecule has 2 aliphatic rings. The second-order valence-electron chi connectivity index (χ2n) is 4.93. The van der Waals surface area contributed by atoms with Gasteiger partial charge in [-0.05, 0) is 19.3 Å². The van der Waals surface area contributed by atoms with Gasteiger partial charge in [-0.15, -0.1) is 0 Å². The molecule has 6 nitrogen and oxygen atoms in total. The number of hydrogen-bond acceptors (Lipinski definition) is 3. The number of hydrogen-bond donors (Lipinski definition) is 2. The first-order valence-corrected chi connectivity index (χ1v) is 6.45. The first kappa shape index (κ1) is 12.9. The fraction of sp³-hybridized carbons (Fsp3) is 0.750. The second-order valence-corrected chi connectivity index (χ2v) is 4.93. The van der Waals surface area contributed by atoms with E-state index in [-0.39, 0.29) is 30.8 Å². The molecule has 0 aromatic rings. The molecule has 0 bridgehead atoms. The Morgan fingerprint density at radius 1 is 1.28 bits per heavy atom. The van der Waals surface area contributed by atoms with E-state index in [0.717, 1.165) is 32.1 Å². The molecular formula is C12H18N2O4. The van der Waals surface area contributed by atoms with Crippen LogP contribution in [-0.4, -0.2) is 40.0 Å². The highest BCUT2D eigenvalue weighted by molar-refractivity contribution is 6.04. The molecule has 2 rings (SSSR count). The van der Waals surface area contributed by atoms with Crippen LogP contribution in [0.15, 0.2) is 0 Å². The molecule has 1 heterocycles. The Morgan fingerprint density at radius 2 is 1.94 bits per heavy atom. The Morgan fingerprint density at radius 3 is 2.56 bits per heavy atom. The number of imide groups is 1. The van der Waals surface area contributed by atoms with Gasteiger partial charge < -0.3 is 10.4 Å². The largest absolute Gasteiger partial charge is 0.481 e. The van der Waals surface area contributed by atoms with Crippen LogP contribution in [0, 0.1) is 0 Å². The van der Waals surface area contributed by atoms with Gasteiger partial charge in [0.15, 0.2) is 0 Å². The summed E-state index contributed by atoms with van der Waals surface area (Å²) in [5.41, 5.74) is 0. The van der Waals surface area contributed by atoms with E-state index in [1.165, 1.54) is 4.90 Å². The lowest BCUT2D eigenvalue weighted by Crippen LogP contribution is -2.42. The van der Waals surface area contributed by atoms with Gasteiger partial charge in [-0.2, -0.15) is 0 Å². The number of rotatable bonds is 4. The molecule has 1 unspecified atom stereocenters. The molecule has 0 spiro atoms. The zero-order valence-electron chi connectivity index (χ0n) is 10.2. The summed E-state index contributed by atoms with van der Waals surface area (Å²) in [6.07, 6.45) is 5.04. The molecule has 0 aromatic carbocycles. The van der Waals surface area contributed by atoms with Crippen molar-refractivity contribution in [1.29, 1.82) is 0 Å². The van der Waals surface area contributed by atoms with Crippen LogP contribution >= 0.6 is 0 Å². The quantitative estimate of drug-likeness (QED) is 0.735. The fourth-order valence-electron chi connectivity index (χ4n) is 2.70. The maximum atomic E-state index is 12.1. The molecule has 0 radical (unpaired) electrons. The normalized spacial score (nSPS) is 25.3. The van der Waals surface area contributed by atoms with Gasteiger partial charge in [0.2, 0.25) is 0 Å². The third kappa shape index (κ3) is 2.63. The van der Waals surface area contributed by atoms with Crippen molar-refractivity contribution < 1.29 is 19.5 Å². The third-order valence-corrected chi connectivity index (χ3v) is 3.64. The van der Waals surface area contributed by atoms with Crippen LogP contribution in [0.4, 0.5) is 4.79 Å². The van der Waals surface area contributed by atoms with Crippen molar-refractivity contribution in [3.05, 3.63) is 0 Å². The van der Waals surface area contributed by atoms with Gasteiger partial charge in [-0.3, -0.25) is 14.5 Å². The van der Waals surface area contributed by atoms with Crippen LogP contribution in [0.5, 0.6) is 0 Å². The van der Waals surface area contributed by atoms with Crippen molar-refractivity contribution in [2.24, 2.45) is 0 Å². The highest BCUT2D eigenvalue weighted by atomic mass is 16.4. The molecule has 0 aromatic heterocycles. The van der Waals surface area contributed by atoms with E-state index in [2.05, 4.69) is 5.32 Å². The number of nitrogens with zero attached hydrogens (tertiary/aromatic N) is 1. The van der Waals surface area contributed by atoms with Gasteiger partial charge >= 0.3 is 12.0 Å². The molecule has 1 aliphatic heterocycles. The van der Waals surface area contributed by atoms with Crippen LogP contribution < -0.4 is 5.32 Å². The number of carboxylic acid groups (broad SMARTS) is 1. The number of aliphatic carboxylic acids is 1. The van der Waals surface area contributed by atoms with E-state index in [1.807, 2.05) is 0 Å². The molecule has 2 N–H and O–H groups in total. The lowest BCUT2D eigenvalue weighted by molar-refractivity contribution is -0.137. The number of nitrogens with one attached hydrogen (secondary N) is 1. The zero-order chi connectivity index (χ0) is 13.1. The predicted octanol–water partition coefficient (Wildman–Crippen LogP) is 1.10. The molecule has 1 atom stereocenters.